The zero-order valence-electron chi connectivity index (χ0n) is 10.4. The van der Waals surface area contributed by atoms with E-state index >= 15 is 0 Å². The van der Waals surface area contributed by atoms with Gasteiger partial charge in [0.2, 0.25) is 0 Å². The Labute approximate surface area is 115 Å². The van der Waals surface area contributed by atoms with E-state index in [9.17, 15) is 9.18 Å². The number of benzene rings is 1. The van der Waals surface area contributed by atoms with Crippen LogP contribution in [0.25, 0.3) is 0 Å². The van der Waals surface area contributed by atoms with Crippen molar-refractivity contribution in [2.45, 2.75) is 32.2 Å². The second kappa shape index (κ2) is 5.93. The Morgan fingerprint density at radius 1 is 1.56 bits per heavy atom. The quantitative estimate of drug-likeness (QED) is 0.865. The van der Waals surface area contributed by atoms with E-state index in [4.69, 9.17) is 0 Å². The smallest absolute Gasteiger partial charge is 0.164 e. The molecular weight excluding hydrogens is 297 g/mol. The largest absolute Gasteiger partial charge is 0.314 e. The van der Waals surface area contributed by atoms with Gasteiger partial charge >= 0.3 is 0 Å². The summed E-state index contributed by atoms with van der Waals surface area (Å²) in [6.45, 7) is 3.19. The van der Waals surface area contributed by atoms with Gasteiger partial charge in [0.1, 0.15) is 5.82 Å². The monoisotopic (exact) mass is 313 g/mol. The van der Waals surface area contributed by atoms with E-state index in [0.29, 0.717) is 22.4 Å². The molecule has 1 aromatic carbocycles. The predicted molar refractivity (Wildman–Crippen MR) is 73.2 cm³/mol. The summed E-state index contributed by atoms with van der Waals surface area (Å²) in [5, 5.41) is 3.37. The first-order chi connectivity index (χ1) is 8.56. The third-order valence-electron chi connectivity index (χ3n) is 3.43. The molecule has 1 N–H and O–H groups in total. The fourth-order valence-electron chi connectivity index (χ4n) is 2.39. The average Bonchev–Trinajstić information content (AvgIpc) is 2.32. The summed E-state index contributed by atoms with van der Waals surface area (Å²) in [5.74, 6) is 0.405. The number of halogens is 2. The van der Waals surface area contributed by atoms with Crippen molar-refractivity contribution in [1.29, 1.82) is 0 Å². The van der Waals surface area contributed by atoms with Gasteiger partial charge in [-0.2, -0.15) is 0 Å². The molecule has 1 saturated heterocycles. The minimum absolute atomic E-state index is 0.0716. The molecule has 2 rings (SSSR count). The minimum Gasteiger partial charge on any atom is -0.314 e. The van der Waals surface area contributed by atoms with E-state index < -0.39 is 0 Å². The summed E-state index contributed by atoms with van der Waals surface area (Å²) in [4.78, 5) is 12.1. The van der Waals surface area contributed by atoms with Crippen molar-refractivity contribution in [2.24, 2.45) is 5.92 Å². The van der Waals surface area contributed by atoms with Crippen molar-refractivity contribution in [1.82, 2.24) is 5.32 Å². The zero-order valence-corrected chi connectivity index (χ0v) is 12.0. The highest BCUT2D eigenvalue weighted by Gasteiger charge is 2.21. The second-order valence-corrected chi connectivity index (χ2v) is 5.89. The molecule has 0 saturated carbocycles. The molecule has 1 heterocycles. The molecule has 0 spiro atoms. The van der Waals surface area contributed by atoms with Crippen LogP contribution >= 0.6 is 15.9 Å². The fourth-order valence-corrected chi connectivity index (χ4v) is 2.77. The van der Waals surface area contributed by atoms with Gasteiger partial charge in [0, 0.05) is 18.0 Å². The van der Waals surface area contributed by atoms with Gasteiger partial charge in [-0.25, -0.2) is 4.39 Å². The van der Waals surface area contributed by atoms with Crippen LogP contribution in [-0.4, -0.2) is 18.4 Å². The number of ketones is 1. The van der Waals surface area contributed by atoms with Crippen LogP contribution in [0.1, 0.15) is 36.5 Å². The highest BCUT2D eigenvalue weighted by molar-refractivity contribution is 9.10. The molecule has 1 aliphatic rings. The second-order valence-electron chi connectivity index (χ2n) is 5.04. The van der Waals surface area contributed by atoms with Gasteiger partial charge in [0.05, 0.1) is 4.47 Å². The molecule has 1 fully saturated rings. The molecule has 0 aromatic heterocycles. The predicted octanol–water partition coefficient (Wildman–Crippen LogP) is 3.55. The summed E-state index contributed by atoms with van der Waals surface area (Å²) in [6.07, 6.45) is 2.70. The molecule has 0 radical (unpaired) electrons. The maximum atomic E-state index is 13.1. The van der Waals surface area contributed by atoms with Gasteiger partial charge < -0.3 is 5.32 Å². The van der Waals surface area contributed by atoms with Crippen molar-refractivity contribution in [3.63, 3.8) is 0 Å². The van der Waals surface area contributed by atoms with Crippen LogP contribution in [0, 0.1) is 11.7 Å². The number of nitrogens with one attached hydrogen (secondary N) is 1. The van der Waals surface area contributed by atoms with Gasteiger partial charge in [0.25, 0.3) is 0 Å². The topological polar surface area (TPSA) is 29.1 Å². The third kappa shape index (κ3) is 3.39. The Morgan fingerprint density at radius 3 is 3.00 bits per heavy atom. The molecule has 2 unspecified atom stereocenters. The van der Waals surface area contributed by atoms with Crippen LogP contribution in [-0.2, 0) is 0 Å². The Bertz CT molecular complexity index is 449. The van der Waals surface area contributed by atoms with Crippen LogP contribution in [0.15, 0.2) is 22.7 Å². The van der Waals surface area contributed by atoms with E-state index in [1.165, 1.54) is 12.5 Å². The number of rotatable bonds is 3. The number of carbonyl (C=O) groups excluding carboxylic acids is 1. The van der Waals surface area contributed by atoms with E-state index in [1.54, 1.807) is 12.1 Å². The van der Waals surface area contributed by atoms with Gasteiger partial charge in [-0.3, -0.25) is 4.79 Å². The van der Waals surface area contributed by atoms with E-state index in [1.807, 2.05) is 0 Å². The zero-order chi connectivity index (χ0) is 13.1. The van der Waals surface area contributed by atoms with Gasteiger partial charge in [0.15, 0.2) is 5.78 Å². The molecule has 0 bridgehead atoms. The normalized spacial score (nSPS) is 23.9. The fraction of sp³-hybridized carbons (Fsp3) is 0.500. The Kier molecular flexibility index (Phi) is 4.51. The van der Waals surface area contributed by atoms with Crippen molar-refractivity contribution in [3.05, 3.63) is 34.1 Å². The lowest BCUT2D eigenvalue weighted by Gasteiger charge is -2.27. The number of piperidine rings is 1. The summed E-state index contributed by atoms with van der Waals surface area (Å²) in [7, 11) is 0. The maximum Gasteiger partial charge on any atom is 0.164 e. The van der Waals surface area contributed by atoms with Gasteiger partial charge in [-0.1, -0.05) is 6.92 Å². The molecule has 0 aliphatic carbocycles. The minimum atomic E-state index is -0.337. The summed E-state index contributed by atoms with van der Waals surface area (Å²) in [6, 6.07) is 4.69. The standard InChI is InChI=1S/C14H17BrFNO/c1-9-4-5-17-11(6-9)8-14(18)10-2-3-13(16)12(15)7-10/h2-3,7,9,11,17H,4-6,8H2,1H3. The third-order valence-corrected chi connectivity index (χ3v) is 4.04. The summed E-state index contributed by atoms with van der Waals surface area (Å²) in [5.41, 5.74) is 0.573. The molecule has 98 valence electrons. The number of hydrogen-bond acceptors (Lipinski definition) is 2. The molecule has 4 heteroatoms. The molecule has 0 amide bonds. The van der Waals surface area contributed by atoms with Crippen LogP contribution in [0.4, 0.5) is 4.39 Å². The lowest BCUT2D eigenvalue weighted by Crippen LogP contribution is -2.38. The molecular formula is C14H17BrFNO. The van der Waals surface area contributed by atoms with E-state index in [2.05, 4.69) is 28.2 Å². The molecule has 2 atom stereocenters. The van der Waals surface area contributed by atoms with Crippen LogP contribution in [0.5, 0.6) is 0 Å². The molecule has 1 aromatic rings. The van der Waals surface area contributed by atoms with Crippen molar-refractivity contribution in [2.75, 3.05) is 6.54 Å². The first-order valence-corrected chi connectivity index (χ1v) is 7.07. The highest BCUT2D eigenvalue weighted by atomic mass is 79.9. The molecule has 1 aliphatic heterocycles. The number of Topliss-reactive ketones (excluding diaryl/α,β-unsaturated/α-hetero) is 1. The number of hydrogen-bond donors (Lipinski definition) is 1. The highest BCUT2D eigenvalue weighted by Crippen LogP contribution is 2.21. The van der Waals surface area contributed by atoms with Crippen LogP contribution in [0.2, 0.25) is 0 Å². The Morgan fingerprint density at radius 2 is 2.33 bits per heavy atom. The lowest BCUT2D eigenvalue weighted by molar-refractivity contribution is 0.0959. The van der Waals surface area contributed by atoms with Crippen LogP contribution < -0.4 is 5.32 Å². The Balaban J connectivity index is 2.00. The van der Waals surface area contributed by atoms with E-state index in [0.717, 1.165) is 13.0 Å². The Hall–Kier alpha value is -0.740. The molecule has 18 heavy (non-hydrogen) atoms. The van der Waals surface area contributed by atoms with Crippen molar-refractivity contribution >= 4 is 21.7 Å². The maximum absolute atomic E-state index is 13.1. The summed E-state index contributed by atoms with van der Waals surface area (Å²) < 4.78 is 13.4. The van der Waals surface area contributed by atoms with Crippen molar-refractivity contribution in [3.8, 4) is 0 Å². The van der Waals surface area contributed by atoms with Gasteiger partial charge in [-0.15, -0.1) is 0 Å². The average molecular weight is 314 g/mol. The van der Waals surface area contributed by atoms with Crippen LogP contribution in [0.3, 0.4) is 0 Å². The first-order valence-electron chi connectivity index (χ1n) is 6.28. The first kappa shape index (κ1) is 13.7. The van der Waals surface area contributed by atoms with Crippen molar-refractivity contribution < 1.29 is 9.18 Å². The molecule has 2 nitrogen and oxygen atoms in total. The SMILES string of the molecule is CC1CCNC(CC(=O)c2ccc(F)c(Br)c2)C1. The number of carbonyl (C=O) groups is 1. The van der Waals surface area contributed by atoms with Gasteiger partial charge in [-0.05, 0) is 59.4 Å². The lowest BCUT2D eigenvalue weighted by atomic mass is 9.90. The summed E-state index contributed by atoms with van der Waals surface area (Å²) >= 11 is 3.11. The van der Waals surface area contributed by atoms with E-state index in [-0.39, 0.29) is 17.6 Å².